The fourth-order valence-electron chi connectivity index (χ4n) is 3.32. The Hall–Kier alpha value is -2.13. The molecule has 22 heavy (non-hydrogen) atoms. The molecule has 2 unspecified atom stereocenters. The van der Waals surface area contributed by atoms with E-state index in [9.17, 15) is 4.79 Å². The maximum absolute atomic E-state index is 12.7. The number of nitrogens with zero attached hydrogens (tertiary/aromatic N) is 1. The van der Waals surface area contributed by atoms with E-state index in [4.69, 9.17) is 5.73 Å². The highest BCUT2D eigenvalue weighted by atomic mass is 16.2. The van der Waals surface area contributed by atoms with Gasteiger partial charge in [-0.15, -0.1) is 0 Å². The highest BCUT2D eigenvalue weighted by Gasteiger charge is 2.34. The summed E-state index contributed by atoms with van der Waals surface area (Å²) in [7, 11) is 0. The number of hydrogen-bond acceptors (Lipinski definition) is 2. The Labute approximate surface area is 131 Å². The Balaban J connectivity index is 1.76. The summed E-state index contributed by atoms with van der Waals surface area (Å²) in [5, 5.41) is 0. The third kappa shape index (κ3) is 2.77. The van der Waals surface area contributed by atoms with Gasteiger partial charge in [-0.05, 0) is 36.6 Å². The minimum absolute atomic E-state index is 0.120. The number of amides is 1. The van der Waals surface area contributed by atoms with E-state index >= 15 is 0 Å². The molecule has 1 amide bonds. The largest absolute Gasteiger partial charge is 0.335 e. The Bertz CT molecular complexity index is 636. The molecule has 3 nitrogen and oxygen atoms in total. The lowest BCUT2D eigenvalue weighted by Crippen LogP contribution is -2.35. The van der Waals surface area contributed by atoms with Crippen LogP contribution in [0.3, 0.4) is 0 Å². The van der Waals surface area contributed by atoms with Gasteiger partial charge in [0.15, 0.2) is 0 Å². The van der Waals surface area contributed by atoms with Crippen LogP contribution in [0.4, 0.5) is 0 Å². The third-order valence-electron chi connectivity index (χ3n) is 4.68. The highest BCUT2D eigenvalue weighted by molar-refractivity contribution is 5.94. The molecule has 0 aromatic heterocycles. The van der Waals surface area contributed by atoms with Crippen LogP contribution in [0.1, 0.15) is 40.7 Å². The van der Waals surface area contributed by atoms with E-state index in [1.54, 1.807) is 0 Å². The number of rotatable bonds is 3. The van der Waals surface area contributed by atoms with Gasteiger partial charge in [0.25, 0.3) is 5.91 Å². The molecule has 3 heteroatoms. The zero-order valence-electron chi connectivity index (χ0n) is 12.9. The second-order valence-electron chi connectivity index (χ2n) is 5.95. The van der Waals surface area contributed by atoms with Crippen LogP contribution in [0.25, 0.3) is 0 Å². The van der Waals surface area contributed by atoms with Crippen molar-refractivity contribution in [1.29, 1.82) is 0 Å². The van der Waals surface area contributed by atoms with Gasteiger partial charge in [-0.1, -0.05) is 42.5 Å². The fraction of sp³-hybridized carbons (Fsp3) is 0.316. The maximum atomic E-state index is 12.7. The van der Waals surface area contributed by atoms with Crippen LogP contribution in [0.5, 0.6) is 0 Å². The molecule has 3 rings (SSSR count). The van der Waals surface area contributed by atoms with Crippen LogP contribution in [0, 0.1) is 0 Å². The standard InChI is InChI=1S/C19H22N2O/c1-14-18(16-5-3-2-4-6-16)11-12-21(14)19(22)17-9-7-15(13-20)8-10-17/h2-10,14,18H,11-13,20H2,1H3. The molecule has 2 aromatic carbocycles. The zero-order chi connectivity index (χ0) is 15.5. The minimum atomic E-state index is 0.120. The molecule has 0 bridgehead atoms. The molecule has 114 valence electrons. The van der Waals surface area contributed by atoms with Crippen molar-refractivity contribution < 1.29 is 4.79 Å². The van der Waals surface area contributed by atoms with Crippen LogP contribution >= 0.6 is 0 Å². The van der Waals surface area contributed by atoms with Gasteiger partial charge in [0, 0.05) is 30.6 Å². The van der Waals surface area contributed by atoms with Crippen LogP contribution in [-0.4, -0.2) is 23.4 Å². The summed E-state index contributed by atoms with van der Waals surface area (Å²) in [6.07, 6.45) is 1.03. The number of benzene rings is 2. The Morgan fingerprint density at radius 1 is 1.14 bits per heavy atom. The first-order valence-electron chi connectivity index (χ1n) is 7.85. The van der Waals surface area contributed by atoms with Crippen LogP contribution in [0.15, 0.2) is 54.6 Å². The van der Waals surface area contributed by atoms with Gasteiger partial charge in [0.2, 0.25) is 0 Å². The predicted molar refractivity (Wildman–Crippen MR) is 88.6 cm³/mol. The second-order valence-corrected chi connectivity index (χ2v) is 5.95. The monoisotopic (exact) mass is 294 g/mol. The van der Waals surface area contributed by atoms with Crippen molar-refractivity contribution in [1.82, 2.24) is 4.90 Å². The average molecular weight is 294 g/mol. The fourth-order valence-corrected chi connectivity index (χ4v) is 3.32. The van der Waals surface area contributed by atoms with Crippen molar-refractivity contribution in [2.75, 3.05) is 6.54 Å². The van der Waals surface area contributed by atoms with Crippen molar-refractivity contribution in [3.05, 3.63) is 71.3 Å². The lowest BCUT2D eigenvalue weighted by molar-refractivity contribution is 0.0742. The predicted octanol–water partition coefficient (Wildman–Crippen LogP) is 3.16. The van der Waals surface area contributed by atoms with E-state index in [1.807, 2.05) is 35.2 Å². The topological polar surface area (TPSA) is 46.3 Å². The Morgan fingerprint density at radius 3 is 2.45 bits per heavy atom. The summed E-state index contributed by atoms with van der Waals surface area (Å²) >= 11 is 0. The van der Waals surface area contributed by atoms with Gasteiger partial charge >= 0.3 is 0 Å². The van der Waals surface area contributed by atoms with E-state index in [-0.39, 0.29) is 11.9 Å². The van der Waals surface area contributed by atoms with E-state index in [1.165, 1.54) is 5.56 Å². The molecular formula is C19H22N2O. The first-order chi connectivity index (χ1) is 10.7. The van der Waals surface area contributed by atoms with Crippen molar-refractivity contribution >= 4 is 5.91 Å². The lowest BCUT2D eigenvalue weighted by atomic mass is 9.93. The summed E-state index contributed by atoms with van der Waals surface area (Å²) in [6, 6.07) is 18.3. The second kappa shape index (κ2) is 6.32. The lowest BCUT2D eigenvalue weighted by Gasteiger charge is -2.25. The van der Waals surface area contributed by atoms with Crippen LogP contribution < -0.4 is 5.73 Å². The Morgan fingerprint density at radius 2 is 1.82 bits per heavy atom. The molecule has 1 aliphatic rings. The highest BCUT2D eigenvalue weighted by Crippen LogP contribution is 2.34. The molecule has 1 fully saturated rings. The van der Waals surface area contributed by atoms with Crippen LogP contribution in [0.2, 0.25) is 0 Å². The quantitative estimate of drug-likeness (QED) is 0.945. The van der Waals surface area contributed by atoms with Crippen LogP contribution in [-0.2, 0) is 6.54 Å². The smallest absolute Gasteiger partial charge is 0.254 e. The normalized spacial score (nSPS) is 21.1. The third-order valence-corrected chi connectivity index (χ3v) is 4.68. The van der Waals surface area contributed by atoms with Crippen molar-refractivity contribution in [3.63, 3.8) is 0 Å². The Kier molecular flexibility index (Phi) is 4.25. The van der Waals surface area contributed by atoms with E-state index in [0.717, 1.165) is 24.1 Å². The molecular weight excluding hydrogens is 272 g/mol. The molecule has 0 radical (unpaired) electrons. The number of nitrogens with two attached hydrogens (primary N) is 1. The maximum Gasteiger partial charge on any atom is 0.254 e. The zero-order valence-corrected chi connectivity index (χ0v) is 12.9. The number of carbonyl (C=O) groups excluding carboxylic acids is 1. The molecule has 0 aliphatic carbocycles. The van der Waals surface area contributed by atoms with E-state index < -0.39 is 0 Å². The number of carbonyl (C=O) groups is 1. The van der Waals surface area contributed by atoms with E-state index in [0.29, 0.717) is 12.5 Å². The summed E-state index contributed by atoms with van der Waals surface area (Å²) in [5.41, 5.74) is 8.73. The molecule has 2 atom stereocenters. The molecule has 0 spiro atoms. The van der Waals surface area contributed by atoms with Gasteiger partial charge in [-0.25, -0.2) is 0 Å². The molecule has 1 aliphatic heterocycles. The summed E-state index contributed by atoms with van der Waals surface area (Å²) in [4.78, 5) is 14.7. The van der Waals surface area contributed by atoms with Gasteiger partial charge in [0.1, 0.15) is 0 Å². The number of likely N-dealkylation sites (tertiary alicyclic amines) is 1. The summed E-state index contributed by atoms with van der Waals surface area (Å²) in [5.74, 6) is 0.544. The average Bonchev–Trinajstić information content (AvgIpc) is 2.96. The van der Waals surface area contributed by atoms with Gasteiger partial charge in [-0.2, -0.15) is 0 Å². The number of hydrogen-bond donors (Lipinski definition) is 1. The van der Waals surface area contributed by atoms with Gasteiger partial charge < -0.3 is 10.6 Å². The first-order valence-corrected chi connectivity index (χ1v) is 7.85. The molecule has 2 N–H and O–H groups in total. The molecule has 0 saturated carbocycles. The molecule has 2 aromatic rings. The minimum Gasteiger partial charge on any atom is -0.335 e. The van der Waals surface area contributed by atoms with Crippen molar-refractivity contribution in [2.24, 2.45) is 5.73 Å². The van der Waals surface area contributed by atoms with Gasteiger partial charge in [0.05, 0.1) is 0 Å². The first kappa shape index (κ1) is 14.8. The van der Waals surface area contributed by atoms with Crippen molar-refractivity contribution in [2.45, 2.75) is 31.8 Å². The van der Waals surface area contributed by atoms with E-state index in [2.05, 4.69) is 31.2 Å². The molecule has 1 heterocycles. The summed E-state index contributed by atoms with van der Waals surface area (Å²) < 4.78 is 0. The SMILES string of the molecule is CC1C(c2ccccc2)CCN1C(=O)c1ccc(CN)cc1. The molecule has 1 saturated heterocycles. The summed E-state index contributed by atoms with van der Waals surface area (Å²) in [6.45, 7) is 3.47. The van der Waals surface area contributed by atoms with Gasteiger partial charge in [-0.3, -0.25) is 4.79 Å². The van der Waals surface area contributed by atoms with Crippen molar-refractivity contribution in [3.8, 4) is 0 Å².